The Kier molecular flexibility index (Phi) is 3.96. The first-order valence-corrected chi connectivity index (χ1v) is 8.23. The number of carbonyl (C=O) groups excluding carboxylic acids is 1. The second-order valence-corrected chi connectivity index (χ2v) is 6.09. The van der Waals surface area contributed by atoms with Crippen LogP contribution in [0.4, 0.5) is 17.3 Å². The molecule has 0 unspecified atom stereocenters. The first-order valence-electron chi connectivity index (χ1n) is 8.23. The fourth-order valence-electron chi connectivity index (χ4n) is 3.21. The summed E-state index contributed by atoms with van der Waals surface area (Å²) in [5, 5.41) is 23.2. The summed E-state index contributed by atoms with van der Waals surface area (Å²) >= 11 is 0. The Balaban J connectivity index is 1.77. The summed E-state index contributed by atoms with van der Waals surface area (Å²) in [7, 11) is 1.50. The van der Waals surface area contributed by atoms with Gasteiger partial charge in [-0.15, -0.1) is 0 Å². The van der Waals surface area contributed by atoms with E-state index in [1.165, 1.54) is 7.11 Å². The van der Waals surface area contributed by atoms with Crippen LogP contribution in [0.1, 0.15) is 23.5 Å². The predicted molar refractivity (Wildman–Crippen MR) is 98.1 cm³/mol. The van der Waals surface area contributed by atoms with Crippen LogP contribution in [0, 0.1) is 0 Å². The standard InChI is InChI=1S/C19H18N4O3/c1-26-15-9-11(7-8-14(15)24)13-10-16(25)21-19-17(13)18(22-23-19)20-12-5-3-2-4-6-12/h2-9,13,24H,10H2,1H3,(H3,20,21,22,23,25)/t13-/m0/s1. The third kappa shape index (κ3) is 2.83. The van der Waals surface area contributed by atoms with Crippen LogP contribution in [0.3, 0.4) is 0 Å². The van der Waals surface area contributed by atoms with Gasteiger partial charge in [-0.3, -0.25) is 9.89 Å². The number of nitrogens with zero attached hydrogens (tertiary/aromatic N) is 1. The van der Waals surface area contributed by atoms with Crippen LogP contribution in [-0.2, 0) is 4.79 Å². The molecule has 1 amide bonds. The van der Waals surface area contributed by atoms with E-state index >= 15 is 0 Å². The molecular weight excluding hydrogens is 332 g/mol. The molecule has 4 N–H and O–H groups in total. The number of aromatic hydroxyl groups is 1. The number of phenols is 1. The molecule has 0 spiro atoms. The normalized spacial score (nSPS) is 15.9. The number of ether oxygens (including phenoxy) is 1. The van der Waals surface area contributed by atoms with E-state index in [0.29, 0.717) is 11.6 Å². The number of aromatic amines is 1. The SMILES string of the molecule is COc1cc([C@@H]2CC(=O)Nc3n[nH]c(Nc4ccccc4)c32)ccc1O. The number of nitrogens with one attached hydrogen (secondary N) is 3. The number of hydrogen-bond acceptors (Lipinski definition) is 5. The highest BCUT2D eigenvalue weighted by Gasteiger charge is 2.32. The number of amides is 1. The molecule has 2 aromatic carbocycles. The minimum Gasteiger partial charge on any atom is -0.504 e. The minimum atomic E-state index is -0.210. The van der Waals surface area contributed by atoms with Crippen molar-refractivity contribution in [1.29, 1.82) is 0 Å². The summed E-state index contributed by atoms with van der Waals surface area (Å²) in [5.41, 5.74) is 2.66. The molecule has 1 aliphatic rings. The number of aromatic nitrogens is 2. The Morgan fingerprint density at radius 3 is 2.81 bits per heavy atom. The van der Waals surface area contributed by atoms with Crippen molar-refractivity contribution in [2.75, 3.05) is 17.7 Å². The fraction of sp³-hybridized carbons (Fsp3) is 0.158. The molecule has 0 radical (unpaired) electrons. The molecule has 0 bridgehead atoms. The maximum absolute atomic E-state index is 12.1. The van der Waals surface area contributed by atoms with Gasteiger partial charge in [0, 0.05) is 23.6 Å². The lowest BCUT2D eigenvalue weighted by Crippen LogP contribution is -2.23. The third-order valence-corrected chi connectivity index (χ3v) is 4.45. The molecule has 0 fully saturated rings. The van der Waals surface area contributed by atoms with Gasteiger partial charge in [0.2, 0.25) is 5.91 Å². The summed E-state index contributed by atoms with van der Waals surface area (Å²) in [6, 6.07) is 14.8. The average Bonchev–Trinajstić information content (AvgIpc) is 3.05. The van der Waals surface area contributed by atoms with E-state index in [4.69, 9.17) is 4.74 Å². The number of rotatable bonds is 4. The van der Waals surface area contributed by atoms with Gasteiger partial charge in [-0.2, -0.15) is 5.10 Å². The zero-order valence-electron chi connectivity index (χ0n) is 14.1. The van der Waals surface area contributed by atoms with Crippen molar-refractivity contribution >= 4 is 23.2 Å². The third-order valence-electron chi connectivity index (χ3n) is 4.45. The summed E-state index contributed by atoms with van der Waals surface area (Å²) in [6.07, 6.45) is 0.282. The first-order chi connectivity index (χ1) is 12.7. The van der Waals surface area contributed by atoms with E-state index in [1.807, 2.05) is 30.3 Å². The van der Waals surface area contributed by atoms with Crippen molar-refractivity contribution in [2.24, 2.45) is 0 Å². The molecule has 2 heterocycles. The van der Waals surface area contributed by atoms with Gasteiger partial charge in [0.15, 0.2) is 17.3 Å². The molecule has 7 nitrogen and oxygen atoms in total. The van der Waals surface area contributed by atoms with Gasteiger partial charge in [0.25, 0.3) is 0 Å². The van der Waals surface area contributed by atoms with Crippen molar-refractivity contribution in [3.05, 3.63) is 59.7 Å². The second-order valence-electron chi connectivity index (χ2n) is 6.09. The highest BCUT2D eigenvalue weighted by Crippen LogP contribution is 2.42. The molecule has 26 heavy (non-hydrogen) atoms. The van der Waals surface area contributed by atoms with Crippen molar-refractivity contribution in [2.45, 2.75) is 12.3 Å². The van der Waals surface area contributed by atoms with Gasteiger partial charge < -0.3 is 20.5 Å². The monoisotopic (exact) mass is 350 g/mol. The molecule has 1 aliphatic heterocycles. The molecule has 7 heteroatoms. The van der Waals surface area contributed by atoms with E-state index in [9.17, 15) is 9.90 Å². The van der Waals surface area contributed by atoms with Crippen LogP contribution >= 0.6 is 0 Å². The van der Waals surface area contributed by atoms with E-state index in [1.54, 1.807) is 18.2 Å². The maximum Gasteiger partial charge on any atom is 0.226 e. The number of benzene rings is 2. The zero-order chi connectivity index (χ0) is 18.1. The summed E-state index contributed by atoms with van der Waals surface area (Å²) in [6.45, 7) is 0. The number of hydrogen-bond donors (Lipinski definition) is 4. The van der Waals surface area contributed by atoms with Gasteiger partial charge in [-0.25, -0.2) is 0 Å². The second kappa shape index (κ2) is 6.44. The topological polar surface area (TPSA) is 99.3 Å². The Labute approximate surface area is 150 Å². The van der Waals surface area contributed by atoms with Crippen molar-refractivity contribution in [1.82, 2.24) is 10.2 Å². The molecule has 0 saturated heterocycles. The van der Waals surface area contributed by atoms with Crippen molar-refractivity contribution in [3.63, 3.8) is 0 Å². The minimum absolute atomic E-state index is 0.0616. The highest BCUT2D eigenvalue weighted by molar-refractivity contribution is 5.95. The van der Waals surface area contributed by atoms with Crippen LogP contribution in [-0.4, -0.2) is 28.3 Å². The smallest absolute Gasteiger partial charge is 0.226 e. The molecule has 0 aliphatic carbocycles. The lowest BCUT2D eigenvalue weighted by molar-refractivity contribution is -0.116. The van der Waals surface area contributed by atoms with Crippen LogP contribution in [0.2, 0.25) is 0 Å². The fourth-order valence-corrected chi connectivity index (χ4v) is 3.21. The number of para-hydroxylation sites is 1. The van der Waals surface area contributed by atoms with Gasteiger partial charge >= 0.3 is 0 Å². The van der Waals surface area contributed by atoms with Gasteiger partial charge in [-0.1, -0.05) is 24.3 Å². The predicted octanol–water partition coefficient (Wildman–Crippen LogP) is 3.34. The number of fused-ring (bicyclic) bond motifs is 1. The van der Waals surface area contributed by atoms with Gasteiger partial charge in [0.1, 0.15) is 5.82 Å². The Morgan fingerprint density at radius 2 is 2.04 bits per heavy atom. The van der Waals surface area contributed by atoms with E-state index < -0.39 is 0 Å². The lowest BCUT2D eigenvalue weighted by atomic mass is 9.86. The van der Waals surface area contributed by atoms with Gasteiger partial charge in [0.05, 0.1) is 7.11 Å². The number of carbonyl (C=O) groups is 1. The Bertz CT molecular complexity index is 953. The van der Waals surface area contributed by atoms with E-state index in [2.05, 4.69) is 20.8 Å². The van der Waals surface area contributed by atoms with Crippen molar-refractivity contribution in [3.8, 4) is 11.5 Å². The number of anilines is 3. The summed E-state index contributed by atoms with van der Waals surface area (Å²) < 4.78 is 5.21. The van der Waals surface area contributed by atoms with Crippen LogP contribution in [0.5, 0.6) is 11.5 Å². The Morgan fingerprint density at radius 1 is 1.23 bits per heavy atom. The highest BCUT2D eigenvalue weighted by atomic mass is 16.5. The van der Waals surface area contributed by atoms with Gasteiger partial charge in [-0.05, 0) is 29.8 Å². The zero-order valence-corrected chi connectivity index (χ0v) is 14.1. The molecule has 4 rings (SSSR count). The number of phenolic OH excluding ortho intramolecular Hbond substituents is 1. The molecule has 1 aromatic heterocycles. The van der Waals surface area contributed by atoms with E-state index in [0.717, 1.165) is 22.6 Å². The largest absolute Gasteiger partial charge is 0.504 e. The Hall–Kier alpha value is -3.48. The van der Waals surface area contributed by atoms with E-state index in [-0.39, 0.29) is 24.0 Å². The van der Waals surface area contributed by atoms with Crippen LogP contribution in [0.15, 0.2) is 48.5 Å². The van der Waals surface area contributed by atoms with Crippen molar-refractivity contribution < 1.29 is 14.6 Å². The molecule has 3 aromatic rings. The molecule has 0 saturated carbocycles. The molecule has 1 atom stereocenters. The maximum atomic E-state index is 12.1. The first kappa shape index (κ1) is 16.0. The summed E-state index contributed by atoms with van der Waals surface area (Å²) in [4.78, 5) is 12.1. The molecule has 132 valence electrons. The van der Waals surface area contributed by atoms with Crippen LogP contribution < -0.4 is 15.4 Å². The number of H-pyrrole nitrogens is 1. The number of methoxy groups -OCH3 is 1. The quantitative estimate of drug-likeness (QED) is 0.578. The van der Waals surface area contributed by atoms with Crippen LogP contribution in [0.25, 0.3) is 0 Å². The average molecular weight is 350 g/mol. The lowest BCUT2D eigenvalue weighted by Gasteiger charge is -2.24. The molecular formula is C19H18N4O3. The summed E-state index contributed by atoms with van der Waals surface area (Å²) in [5.74, 6) is 1.35.